The van der Waals surface area contributed by atoms with Crippen LogP contribution in [0.2, 0.25) is 0 Å². The molecule has 0 aliphatic carbocycles. The number of hydrogen-bond donors (Lipinski definition) is 0. The average Bonchev–Trinajstić information content (AvgIpc) is 0. The van der Waals surface area contributed by atoms with Gasteiger partial charge in [-0.25, -0.2) is 0 Å². The molecule has 0 unspecified atom stereocenters. The molecular weight excluding hydrogens is 410 g/mol. The Bertz CT molecular complexity index is 8.00. The van der Waals surface area contributed by atoms with E-state index in [-0.39, 0.29) is 96.1 Å². The third-order valence-corrected chi connectivity index (χ3v) is 0. The van der Waals surface area contributed by atoms with E-state index < -0.39 is 0 Å². The van der Waals surface area contributed by atoms with Gasteiger partial charge in [-0.3, -0.25) is 0 Å². The van der Waals surface area contributed by atoms with E-state index in [9.17, 15) is 0 Å². The van der Waals surface area contributed by atoms with Gasteiger partial charge in [-0.05, 0) is 0 Å². The van der Waals surface area contributed by atoms with Crippen molar-refractivity contribution < 1.29 is 96.1 Å². The second-order valence-electron chi connectivity index (χ2n) is 0. The first-order chi connectivity index (χ1) is 0. The van der Waals surface area contributed by atoms with E-state index in [1.807, 2.05) is 0 Å². The summed E-state index contributed by atoms with van der Waals surface area (Å²) in [5.74, 6) is 0. The van der Waals surface area contributed by atoms with Gasteiger partial charge in [0.05, 0.1) is 0 Å². The van der Waals surface area contributed by atoms with E-state index in [0.717, 1.165) is 0 Å². The van der Waals surface area contributed by atoms with Gasteiger partial charge < -0.3 is 0 Å². The van der Waals surface area contributed by atoms with Crippen LogP contribution in [-0.2, 0) is 96.1 Å². The molecule has 0 aromatic carbocycles. The summed E-state index contributed by atoms with van der Waals surface area (Å²) < 4.78 is 0. The number of rotatable bonds is 0. The molecule has 0 amide bonds. The maximum atomic E-state index is 0. The van der Waals surface area contributed by atoms with Gasteiger partial charge in [0.2, 0.25) is 0 Å². The standard InChI is InChI=1S/Hf.Nb.Ti.Zr. The van der Waals surface area contributed by atoms with Crippen LogP contribution in [0.3, 0.4) is 0 Å². The quantitative estimate of drug-likeness (QED) is 0.493. The first-order valence-electron chi connectivity index (χ1n) is 0. The third kappa shape index (κ3) is 8.96. The summed E-state index contributed by atoms with van der Waals surface area (Å²) in [6, 6.07) is 0. The van der Waals surface area contributed by atoms with Gasteiger partial charge >= 0.3 is 0 Å². The molecule has 0 fully saturated rings. The minimum atomic E-state index is 0. The zero-order valence-electron chi connectivity index (χ0n) is 1.95. The van der Waals surface area contributed by atoms with Crippen LogP contribution < -0.4 is 0 Å². The Morgan fingerprint density at radius 3 is 1.00 bits per heavy atom. The van der Waals surface area contributed by atoms with Crippen LogP contribution in [0.25, 0.3) is 0 Å². The van der Waals surface area contributed by atoms with E-state index in [1.54, 1.807) is 0 Å². The Morgan fingerprint density at radius 1 is 1.00 bits per heavy atom. The maximum Gasteiger partial charge on any atom is 0 e. The maximum absolute atomic E-state index is 0. The van der Waals surface area contributed by atoms with Crippen LogP contribution in [0.5, 0.6) is 0 Å². The first kappa shape index (κ1) is 27.0. The molecule has 0 spiro atoms. The van der Waals surface area contributed by atoms with Gasteiger partial charge in [0.25, 0.3) is 0 Å². The Balaban J connectivity index is 0. The van der Waals surface area contributed by atoms with Gasteiger partial charge in [0.15, 0.2) is 0 Å². The molecule has 0 aromatic rings. The van der Waals surface area contributed by atoms with Crippen LogP contribution in [0, 0.1) is 0 Å². The van der Waals surface area contributed by atoms with Gasteiger partial charge in [0.1, 0.15) is 0 Å². The second kappa shape index (κ2) is 16.4. The van der Waals surface area contributed by atoms with Gasteiger partial charge in [-0.15, -0.1) is 0 Å². The topological polar surface area (TPSA) is 0 Å². The molecule has 0 aromatic heterocycles. The molecule has 1 radical (unpaired) electrons. The first-order valence-corrected chi connectivity index (χ1v) is 0. The monoisotopic (exact) mass is 411 g/mol. The minimum Gasteiger partial charge on any atom is 0 e. The van der Waals surface area contributed by atoms with Crippen LogP contribution in [0.15, 0.2) is 0 Å². The van der Waals surface area contributed by atoms with Crippen molar-refractivity contribution in [2.45, 2.75) is 0 Å². The van der Waals surface area contributed by atoms with E-state index in [1.165, 1.54) is 0 Å². The molecule has 0 aliphatic heterocycles. The van der Waals surface area contributed by atoms with Crippen molar-refractivity contribution in [3.63, 3.8) is 0 Å². The van der Waals surface area contributed by atoms with E-state index in [2.05, 4.69) is 0 Å². The molecule has 0 aliphatic rings. The molecule has 0 atom stereocenters. The van der Waals surface area contributed by atoms with E-state index >= 15 is 0 Å². The summed E-state index contributed by atoms with van der Waals surface area (Å²) in [7, 11) is 0. The molecule has 0 saturated carbocycles. The van der Waals surface area contributed by atoms with Gasteiger partial charge in [0, 0.05) is 96.1 Å². The number of hydrogen-bond acceptors (Lipinski definition) is 0. The van der Waals surface area contributed by atoms with Crippen molar-refractivity contribution >= 4 is 0 Å². The van der Waals surface area contributed by atoms with Crippen molar-refractivity contribution in [1.29, 1.82) is 0 Å². The van der Waals surface area contributed by atoms with Gasteiger partial charge in [-0.2, -0.15) is 0 Å². The summed E-state index contributed by atoms with van der Waals surface area (Å²) in [5.41, 5.74) is 0. The second-order valence-corrected chi connectivity index (χ2v) is 0. The third-order valence-electron chi connectivity index (χ3n) is 0. The van der Waals surface area contributed by atoms with Gasteiger partial charge in [-0.1, -0.05) is 0 Å². The van der Waals surface area contributed by atoms with Crippen LogP contribution in [0.4, 0.5) is 0 Å². The predicted octanol–water partition coefficient (Wildman–Crippen LogP) is -0.0100. The molecule has 0 heterocycles. The average molecular weight is 410 g/mol. The minimum absolute atomic E-state index is 0. The smallest absolute Gasteiger partial charge is 0 e. The van der Waals surface area contributed by atoms with Crippen molar-refractivity contribution in [1.82, 2.24) is 0 Å². The molecule has 4 heavy (non-hydrogen) atoms. The fourth-order valence-corrected chi connectivity index (χ4v) is 0. The Kier molecular flexibility index (Phi) is 110. The summed E-state index contributed by atoms with van der Waals surface area (Å²) >= 11 is 0. The van der Waals surface area contributed by atoms with Crippen molar-refractivity contribution in [2.75, 3.05) is 0 Å². The van der Waals surface area contributed by atoms with E-state index in [4.69, 9.17) is 0 Å². The van der Waals surface area contributed by atoms with Crippen LogP contribution in [0.1, 0.15) is 0 Å². The SMILES string of the molecule is [Hf].[Nb].[Ti].[Zr]. The molecule has 0 nitrogen and oxygen atoms in total. The molecule has 0 rings (SSSR count). The molecule has 0 bridgehead atoms. The largest absolute Gasteiger partial charge is 0 e. The fourth-order valence-electron chi connectivity index (χ4n) is 0. The predicted molar refractivity (Wildman–Crippen MR) is 0 cm³/mol. The van der Waals surface area contributed by atoms with Crippen molar-refractivity contribution in [3.05, 3.63) is 0 Å². The van der Waals surface area contributed by atoms with Crippen molar-refractivity contribution in [2.24, 2.45) is 0 Å². The van der Waals surface area contributed by atoms with Crippen LogP contribution >= 0.6 is 0 Å². The van der Waals surface area contributed by atoms with Crippen LogP contribution in [-0.4, -0.2) is 0 Å². The molecular formula is HfNbTiZr. The zero-order valence-corrected chi connectivity index (χ0v) is 11.8. The molecule has 17 valence electrons. The Labute approximate surface area is 94.2 Å². The molecule has 4 heteroatoms. The normalized spacial score (nSPS) is 0. The summed E-state index contributed by atoms with van der Waals surface area (Å²) in [6.07, 6.45) is 0. The molecule has 0 saturated heterocycles. The van der Waals surface area contributed by atoms with E-state index in [0.29, 0.717) is 0 Å². The summed E-state index contributed by atoms with van der Waals surface area (Å²) in [6.45, 7) is 0. The fraction of sp³-hybridized carbons (Fsp3) is 0. The summed E-state index contributed by atoms with van der Waals surface area (Å²) in [4.78, 5) is 0. The van der Waals surface area contributed by atoms with Crippen molar-refractivity contribution in [3.8, 4) is 0 Å². The Morgan fingerprint density at radius 2 is 1.00 bits per heavy atom. The zero-order chi connectivity index (χ0) is 0. The Hall–Kier alpha value is 3.21. The summed E-state index contributed by atoms with van der Waals surface area (Å²) in [5, 5.41) is 0. The molecule has 0 N–H and O–H groups in total.